The van der Waals surface area contributed by atoms with E-state index in [1.54, 1.807) is 0 Å². The van der Waals surface area contributed by atoms with Gasteiger partial charge in [0, 0.05) is 16.9 Å². The van der Waals surface area contributed by atoms with E-state index in [9.17, 15) is 4.79 Å². The molecule has 1 rings (SSSR count). The lowest BCUT2D eigenvalue weighted by Gasteiger charge is -1.97. The highest BCUT2D eigenvalue weighted by Crippen LogP contribution is 2.16. The molecule has 0 aliphatic rings. The van der Waals surface area contributed by atoms with Crippen LogP contribution < -0.4 is 0 Å². The van der Waals surface area contributed by atoms with Crippen molar-refractivity contribution in [3.8, 4) is 5.40 Å². The first-order valence-electron chi connectivity index (χ1n) is 3.73. The number of aliphatic carboxylic acids is 1. The van der Waals surface area contributed by atoms with E-state index in [0.29, 0.717) is 6.42 Å². The second kappa shape index (κ2) is 5.47. The van der Waals surface area contributed by atoms with Gasteiger partial charge in [-0.25, -0.2) is 4.79 Å². The summed E-state index contributed by atoms with van der Waals surface area (Å²) in [6.07, 6.45) is 0.377. The van der Waals surface area contributed by atoms with Gasteiger partial charge in [0.25, 0.3) is 0 Å². The maximum atomic E-state index is 10.7. The van der Waals surface area contributed by atoms with Crippen molar-refractivity contribution >= 4 is 29.1 Å². The van der Waals surface area contributed by atoms with Crippen molar-refractivity contribution < 1.29 is 9.90 Å². The van der Waals surface area contributed by atoms with Crippen molar-refractivity contribution in [2.75, 3.05) is 0 Å². The highest BCUT2D eigenvalue weighted by molar-refractivity contribution is 8.06. The van der Waals surface area contributed by atoms with Crippen LogP contribution in [-0.4, -0.2) is 11.1 Å². The van der Waals surface area contributed by atoms with E-state index < -0.39 is 5.97 Å². The molecule has 0 fully saturated rings. The molecule has 5 heteroatoms. The van der Waals surface area contributed by atoms with Crippen LogP contribution in [0.25, 0.3) is 0 Å². The molecule has 0 bridgehead atoms. The highest BCUT2D eigenvalue weighted by atomic mass is 32.2. The summed E-state index contributed by atoms with van der Waals surface area (Å²) in [4.78, 5) is 11.7. The molecular weight excluding hydrogens is 218 g/mol. The number of nitriles is 1. The molecule has 0 saturated heterocycles. The fourth-order valence-corrected chi connectivity index (χ4v) is 1.97. The maximum absolute atomic E-state index is 10.7. The largest absolute Gasteiger partial charge is 0.478 e. The Kier molecular flexibility index (Phi) is 4.23. The highest BCUT2D eigenvalue weighted by Gasteiger charge is 2.08. The number of carboxylic acids is 1. The predicted molar refractivity (Wildman–Crippen MR) is 56.9 cm³/mol. The third-order valence-corrected chi connectivity index (χ3v) is 2.86. The Morgan fingerprint density at radius 3 is 3.07 bits per heavy atom. The van der Waals surface area contributed by atoms with Crippen molar-refractivity contribution in [2.45, 2.75) is 6.42 Å². The second-order valence-electron chi connectivity index (χ2n) is 2.41. The molecule has 0 aliphatic heterocycles. The number of thioether (sulfide) groups is 1. The molecule has 14 heavy (non-hydrogen) atoms. The van der Waals surface area contributed by atoms with Gasteiger partial charge in [-0.15, -0.1) is 11.3 Å². The number of carbonyl (C=O) groups is 1. The Balaban J connectivity index is 2.71. The van der Waals surface area contributed by atoms with Crippen LogP contribution in [-0.2, 0) is 11.2 Å². The Bertz CT molecular complexity index is 376. The van der Waals surface area contributed by atoms with Gasteiger partial charge >= 0.3 is 5.97 Å². The standard InChI is InChI=1S/C9H7NO2S2/c10-6-13-5-7(9(11)12)4-8-2-1-3-14-8/h1-3,5H,4H2,(H,11,12)/b7-5-. The van der Waals surface area contributed by atoms with Gasteiger partial charge in [0.1, 0.15) is 5.40 Å². The summed E-state index contributed by atoms with van der Waals surface area (Å²) in [5.74, 6) is -0.971. The fraction of sp³-hybridized carbons (Fsp3) is 0.111. The molecule has 0 atom stereocenters. The van der Waals surface area contributed by atoms with Crippen LogP contribution in [0.1, 0.15) is 4.88 Å². The van der Waals surface area contributed by atoms with E-state index in [2.05, 4.69) is 0 Å². The molecule has 0 saturated carbocycles. The van der Waals surface area contributed by atoms with E-state index in [1.807, 2.05) is 22.9 Å². The molecule has 0 unspecified atom stereocenters. The molecule has 1 heterocycles. The third kappa shape index (κ3) is 3.24. The predicted octanol–water partition coefficient (Wildman–Crippen LogP) is 2.47. The van der Waals surface area contributed by atoms with Crippen LogP contribution in [0.5, 0.6) is 0 Å². The first-order valence-corrected chi connectivity index (χ1v) is 5.49. The van der Waals surface area contributed by atoms with E-state index in [-0.39, 0.29) is 5.57 Å². The van der Waals surface area contributed by atoms with E-state index in [1.165, 1.54) is 16.7 Å². The minimum absolute atomic E-state index is 0.249. The minimum Gasteiger partial charge on any atom is -0.478 e. The Hall–Kier alpha value is -1.25. The monoisotopic (exact) mass is 225 g/mol. The summed E-state index contributed by atoms with van der Waals surface area (Å²) in [7, 11) is 0. The molecule has 1 aromatic rings. The number of thiophene rings is 1. The topological polar surface area (TPSA) is 61.1 Å². The molecule has 0 spiro atoms. The molecule has 0 aromatic carbocycles. The minimum atomic E-state index is -0.971. The molecule has 3 nitrogen and oxygen atoms in total. The summed E-state index contributed by atoms with van der Waals surface area (Å²) in [6, 6.07) is 3.75. The van der Waals surface area contributed by atoms with Gasteiger partial charge in [0.2, 0.25) is 0 Å². The van der Waals surface area contributed by atoms with Gasteiger partial charge < -0.3 is 5.11 Å². The fourth-order valence-electron chi connectivity index (χ4n) is 0.866. The summed E-state index contributed by atoms with van der Waals surface area (Å²) < 4.78 is 0. The lowest BCUT2D eigenvalue weighted by molar-refractivity contribution is -0.132. The average molecular weight is 225 g/mol. The zero-order chi connectivity index (χ0) is 10.4. The van der Waals surface area contributed by atoms with E-state index in [4.69, 9.17) is 10.4 Å². The van der Waals surface area contributed by atoms with Gasteiger partial charge in [-0.1, -0.05) is 6.07 Å². The van der Waals surface area contributed by atoms with Gasteiger partial charge in [-0.05, 0) is 28.6 Å². The van der Waals surface area contributed by atoms with Crippen molar-refractivity contribution in [3.05, 3.63) is 33.4 Å². The van der Waals surface area contributed by atoms with Crippen molar-refractivity contribution in [3.63, 3.8) is 0 Å². The summed E-state index contributed by atoms with van der Waals surface area (Å²) in [5, 5.41) is 22.2. The molecular formula is C9H7NO2S2. The van der Waals surface area contributed by atoms with Gasteiger partial charge in [0.05, 0.1) is 0 Å². The Morgan fingerprint density at radius 1 is 1.79 bits per heavy atom. The third-order valence-electron chi connectivity index (χ3n) is 1.47. The summed E-state index contributed by atoms with van der Waals surface area (Å²) >= 11 is 2.34. The molecule has 72 valence electrons. The smallest absolute Gasteiger partial charge is 0.332 e. The van der Waals surface area contributed by atoms with Gasteiger partial charge in [0.15, 0.2) is 0 Å². The van der Waals surface area contributed by atoms with Crippen molar-refractivity contribution in [1.82, 2.24) is 0 Å². The summed E-state index contributed by atoms with van der Waals surface area (Å²) in [5.41, 5.74) is 0.249. The normalized spacial score (nSPS) is 10.9. The number of nitrogens with zero attached hydrogens (tertiary/aromatic N) is 1. The molecule has 0 amide bonds. The lowest BCUT2D eigenvalue weighted by Crippen LogP contribution is -2.02. The average Bonchev–Trinajstić information content (AvgIpc) is 2.64. The van der Waals surface area contributed by atoms with Gasteiger partial charge in [-0.3, -0.25) is 0 Å². The van der Waals surface area contributed by atoms with E-state index >= 15 is 0 Å². The van der Waals surface area contributed by atoms with Crippen LogP contribution in [0, 0.1) is 10.7 Å². The maximum Gasteiger partial charge on any atom is 0.332 e. The SMILES string of the molecule is N#CS/C=C(/Cc1cccs1)C(=O)O. The summed E-state index contributed by atoms with van der Waals surface area (Å²) in [6.45, 7) is 0. The molecule has 1 N–H and O–H groups in total. The molecule has 0 radical (unpaired) electrons. The number of rotatable bonds is 4. The second-order valence-corrected chi connectivity index (χ2v) is 4.10. The van der Waals surface area contributed by atoms with E-state index in [0.717, 1.165) is 16.6 Å². The quantitative estimate of drug-likeness (QED) is 0.631. The van der Waals surface area contributed by atoms with Crippen LogP contribution in [0.3, 0.4) is 0 Å². The Labute approximate surface area is 89.7 Å². The number of hydrogen-bond acceptors (Lipinski definition) is 4. The van der Waals surface area contributed by atoms with Gasteiger partial charge in [-0.2, -0.15) is 5.26 Å². The first kappa shape index (κ1) is 10.8. The van der Waals surface area contributed by atoms with Crippen LogP contribution in [0.4, 0.5) is 0 Å². The number of carboxylic acid groups (broad SMARTS) is 1. The van der Waals surface area contributed by atoms with Crippen LogP contribution in [0.2, 0.25) is 0 Å². The zero-order valence-corrected chi connectivity index (χ0v) is 8.77. The zero-order valence-electron chi connectivity index (χ0n) is 7.14. The molecule has 1 aromatic heterocycles. The van der Waals surface area contributed by atoms with Crippen molar-refractivity contribution in [1.29, 1.82) is 5.26 Å². The number of thiocyanates is 1. The number of hydrogen-bond donors (Lipinski definition) is 1. The Morgan fingerprint density at radius 2 is 2.57 bits per heavy atom. The lowest BCUT2D eigenvalue weighted by atomic mass is 10.2. The van der Waals surface area contributed by atoms with Crippen LogP contribution >= 0.6 is 23.1 Å². The first-order chi connectivity index (χ1) is 6.74. The van der Waals surface area contributed by atoms with Crippen LogP contribution in [0.15, 0.2) is 28.5 Å². The molecule has 0 aliphatic carbocycles. The van der Waals surface area contributed by atoms with Crippen molar-refractivity contribution in [2.24, 2.45) is 0 Å².